The fourth-order valence-corrected chi connectivity index (χ4v) is 4.37. The summed E-state index contributed by atoms with van der Waals surface area (Å²) < 4.78 is 12.3. The van der Waals surface area contributed by atoms with Crippen molar-refractivity contribution >= 4 is 55.6 Å². The monoisotopic (exact) mass is 589 g/mol. The lowest BCUT2D eigenvalue weighted by Gasteiger charge is -2.10. The van der Waals surface area contributed by atoms with Crippen molar-refractivity contribution in [1.82, 2.24) is 5.43 Å². The van der Waals surface area contributed by atoms with Gasteiger partial charge in [-0.3, -0.25) is 14.9 Å². The van der Waals surface area contributed by atoms with Gasteiger partial charge in [0.1, 0.15) is 11.5 Å². The fraction of sp³-hybridized carbons (Fsp3) is 0.0870. The fourth-order valence-electron chi connectivity index (χ4n) is 2.73. The zero-order valence-corrected chi connectivity index (χ0v) is 20.8. The Hall–Kier alpha value is -3.57. The molecule has 3 aromatic rings. The van der Waals surface area contributed by atoms with Crippen LogP contribution in [0.1, 0.15) is 21.5 Å². The molecule has 0 saturated carbocycles. The first-order valence-corrected chi connectivity index (χ1v) is 11.3. The molecule has 0 aliphatic rings. The van der Waals surface area contributed by atoms with Gasteiger partial charge in [0.05, 0.1) is 25.6 Å². The van der Waals surface area contributed by atoms with Crippen LogP contribution in [0.15, 0.2) is 74.7 Å². The molecule has 0 radical (unpaired) electrons. The average Bonchev–Trinajstić information content (AvgIpc) is 2.79. The zero-order chi connectivity index (χ0) is 24.7. The Morgan fingerprint density at radius 2 is 1.74 bits per heavy atom. The maximum atomic E-state index is 12.4. The van der Waals surface area contributed by atoms with E-state index in [0.717, 1.165) is 5.56 Å². The van der Waals surface area contributed by atoms with E-state index in [9.17, 15) is 19.7 Å². The molecule has 0 fully saturated rings. The minimum Gasteiger partial charge on any atom is -0.481 e. The highest BCUT2D eigenvalue weighted by atomic mass is 79.9. The van der Waals surface area contributed by atoms with E-state index in [1.807, 2.05) is 19.1 Å². The van der Waals surface area contributed by atoms with Gasteiger partial charge in [-0.2, -0.15) is 5.10 Å². The number of hydrazone groups is 1. The lowest BCUT2D eigenvalue weighted by atomic mass is 10.2. The number of halogens is 2. The number of rotatable bonds is 8. The number of carbonyl (C=O) groups is 2. The van der Waals surface area contributed by atoms with Crippen LogP contribution >= 0.6 is 31.9 Å². The molecule has 174 valence electrons. The van der Waals surface area contributed by atoms with Crippen LogP contribution in [0.2, 0.25) is 0 Å². The molecule has 0 aliphatic heterocycles. The van der Waals surface area contributed by atoms with Crippen molar-refractivity contribution in [2.75, 3.05) is 6.61 Å². The lowest BCUT2D eigenvalue weighted by Crippen LogP contribution is -2.24. The second-order valence-corrected chi connectivity index (χ2v) is 8.58. The molecule has 0 atom stereocenters. The third kappa shape index (κ3) is 6.72. The van der Waals surface area contributed by atoms with Crippen LogP contribution in [0.25, 0.3) is 0 Å². The molecule has 11 heteroatoms. The standard InChI is InChI=1S/C23H17Br2N3O6/c1-14-10-18(24)22(19(25)11-14)33-13-21(29)27-26-12-16-4-2-3-5-20(16)34-23(30)15-6-8-17(9-7-15)28(31)32/h2-12H,13H2,1H3,(H,27,29). The number of benzene rings is 3. The number of carbonyl (C=O) groups excluding carboxylic acids is 2. The highest BCUT2D eigenvalue weighted by Gasteiger charge is 2.13. The Bertz CT molecular complexity index is 1240. The molecule has 1 amide bonds. The zero-order valence-electron chi connectivity index (χ0n) is 17.7. The number of esters is 1. The first-order chi connectivity index (χ1) is 16.2. The molecule has 0 unspecified atom stereocenters. The highest BCUT2D eigenvalue weighted by molar-refractivity contribution is 9.11. The summed E-state index contributed by atoms with van der Waals surface area (Å²) in [6.45, 7) is 1.66. The average molecular weight is 591 g/mol. The summed E-state index contributed by atoms with van der Waals surface area (Å²) in [4.78, 5) is 34.7. The van der Waals surface area contributed by atoms with Gasteiger partial charge < -0.3 is 9.47 Å². The van der Waals surface area contributed by atoms with Crippen molar-refractivity contribution in [3.05, 3.63) is 96.4 Å². The molecule has 34 heavy (non-hydrogen) atoms. The molecule has 0 spiro atoms. The molecule has 0 aliphatic carbocycles. The van der Waals surface area contributed by atoms with Crippen LogP contribution in [-0.2, 0) is 4.79 Å². The lowest BCUT2D eigenvalue weighted by molar-refractivity contribution is -0.384. The molecule has 0 aromatic heterocycles. The second kappa shape index (κ2) is 11.5. The van der Waals surface area contributed by atoms with Crippen molar-refractivity contribution in [2.24, 2.45) is 5.10 Å². The maximum Gasteiger partial charge on any atom is 0.343 e. The van der Waals surface area contributed by atoms with E-state index in [1.165, 1.54) is 30.5 Å². The van der Waals surface area contributed by atoms with E-state index < -0.39 is 16.8 Å². The van der Waals surface area contributed by atoms with Crippen molar-refractivity contribution in [3.63, 3.8) is 0 Å². The predicted octanol–water partition coefficient (Wildman–Crippen LogP) is 5.18. The van der Waals surface area contributed by atoms with E-state index in [1.54, 1.807) is 24.3 Å². The number of aryl methyl sites for hydroxylation is 1. The smallest absolute Gasteiger partial charge is 0.343 e. The summed E-state index contributed by atoms with van der Waals surface area (Å²) in [7, 11) is 0. The molecule has 0 saturated heterocycles. The Kier molecular flexibility index (Phi) is 8.50. The van der Waals surface area contributed by atoms with E-state index in [0.29, 0.717) is 20.3 Å². The van der Waals surface area contributed by atoms with Crippen molar-refractivity contribution in [2.45, 2.75) is 6.92 Å². The predicted molar refractivity (Wildman–Crippen MR) is 132 cm³/mol. The van der Waals surface area contributed by atoms with Gasteiger partial charge in [-0.1, -0.05) is 12.1 Å². The van der Waals surface area contributed by atoms with Crippen LogP contribution in [0.3, 0.4) is 0 Å². The van der Waals surface area contributed by atoms with Gasteiger partial charge in [-0.25, -0.2) is 10.2 Å². The second-order valence-electron chi connectivity index (χ2n) is 6.87. The van der Waals surface area contributed by atoms with E-state index in [2.05, 4.69) is 42.4 Å². The van der Waals surface area contributed by atoms with Gasteiger partial charge in [0.15, 0.2) is 6.61 Å². The number of nitro benzene ring substituents is 1. The SMILES string of the molecule is Cc1cc(Br)c(OCC(=O)NN=Cc2ccccc2OC(=O)c2ccc([N+](=O)[O-])cc2)c(Br)c1. The summed E-state index contributed by atoms with van der Waals surface area (Å²) in [6.07, 6.45) is 1.33. The normalized spacial score (nSPS) is 10.7. The van der Waals surface area contributed by atoms with Gasteiger partial charge in [0, 0.05) is 17.7 Å². The number of hydrogen-bond acceptors (Lipinski definition) is 7. The molecule has 9 nitrogen and oxygen atoms in total. The Morgan fingerprint density at radius 1 is 1.09 bits per heavy atom. The quantitative estimate of drug-likeness (QED) is 0.127. The molecule has 0 bridgehead atoms. The number of non-ortho nitro benzene ring substituents is 1. The third-order valence-electron chi connectivity index (χ3n) is 4.32. The van der Waals surface area contributed by atoms with Crippen LogP contribution < -0.4 is 14.9 Å². The third-order valence-corrected chi connectivity index (χ3v) is 5.50. The number of hydrogen-bond donors (Lipinski definition) is 1. The van der Waals surface area contributed by atoms with E-state index in [-0.39, 0.29) is 23.6 Å². The summed E-state index contributed by atoms with van der Waals surface area (Å²) in [5, 5.41) is 14.6. The van der Waals surface area contributed by atoms with Crippen LogP contribution in [0.5, 0.6) is 11.5 Å². The number of para-hydroxylation sites is 1. The van der Waals surface area contributed by atoms with Crippen molar-refractivity contribution < 1.29 is 24.0 Å². The number of nitro groups is 1. The maximum absolute atomic E-state index is 12.4. The number of ether oxygens (including phenoxy) is 2. The Labute approximate surface area is 211 Å². The number of amides is 1. The summed E-state index contributed by atoms with van der Waals surface area (Å²) in [6, 6.07) is 15.4. The van der Waals surface area contributed by atoms with Crippen LogP contribution in [0, 0.1) is 17.0 Å². The Morgan fingerprint density at radius 3 is 2.38 bits per heavy atom. The van der Waals surface area contributed by atoms with Crippen molar-refractivity contribution in [1.29, 1.82) is 0 Å². The van der Waals surface area contributed by atoms with E-state index in [4.69, 9.17) is 9.47 Å². The molecule has 3 rings (SSSR count). The minimum absolute atomic E-state index is 0.133. The van der Waals surface area contributed by atoms with Gasteiger partial charge in [-0.15, -0.1) is 0 Å². The topological polar surface area (TPSA) is 120 Å². The molecule has 3 aromatic carbocycles. The Balaban J connectivity index is 1.60. The summed E-state index contributed by atoms with van der Waals surface area (Å²) in [5.74, 6) is -0.487. The molecule has 1 N–H and O–H groups in total. The molecule has 0 heterocycles. The van der Waals surface area contributed by atoms with Gasteiger partial charge in [0.2, 0.25) is 0 Å². The highest BCUT2D eigenvalue weighted by Crippen LogP contribution is 2.34. The number of nitrogens with one attached hydrogen (secondary N) is 1. The van der Waals surface area contributed by atoms with E-state index >= 15 is 0 Å². The largest absolute Gasteiger partial charge is 0.481 e. The van der Waals surface area contributed by atoms with Gasteiger partial charge in [-0.05, 0) is 80.7 Å². The molecular weight excluding hydrogens is 574 g/mol. The van der Waals surface area contributed by atoms with Gasteiger partial charge in [0.25, 0.3) is 11.6 Å². The number of nitrogens with zero attached hydrogens (tertiary/aromatic N) is 2. The summed E-state index contributed by atoms with van der Waals surface area (Å²) >= 11 is 6.80. The first kappa shape index (κ1) is 25.1. The summed E-state index contributed by atoms with van der Waals surface area (Å²) in [5.41, 5.74) is 3.82. The minimum atomic E-state index is -0.692. The van der Waals surface area contributed by atoms with Crippen LogP contribution in [-0.4, -0.2) is 29.6 Å². The first-order valence-electron chi connectivity index (χ1n) is 9.70. The van der Waals surface area contributed by atoms with Crippen LogP contribution in [0.4, 0.5) is 5.69 Å². The van der Waals surface area contributed by atoms with Gasteiger partial charge >= 0.3 is 5.97 Å². The molecular formula is C23H17Br2N3O6. The van der Waals surface area contributed by atoms with Crippen molar-refractivity contribution in [3.8, 4) is 11.5 Å².